The van der Waals surface area contributed by atoms with Gasteiger partial charge in [-0.25, -0.2) is 0 Å². The van der Waals surface area contributed by atoms with Gasteiger partial charge in [-0.15, -0.1) is 11.8 Å². The minimum Gasteiger partial charge on any atom is -0.481 e. The van der Waals surface area contributed by atoms with Gasteiger partial charge in [-0.1, -0.05) is 0 Å². The monoisotopic (exact) mass is 394 g/mol. The van der Waals surface area contributed by atoms with Crippen molar-refractivity contribution in [2.24, 2.45) is 5.41 Å². The number of piperidine rings is 1. The summed E-state index contributed by atoms with van der Waals surface area (Å²) in [7, 11) is 1.48. The lowest BCUT2D eigenvalue weighted by molar-refractivity contribution is -0.159. The molecule has 0 radical (unpaired) electrons. The first-order chi connectivity index (χ1) is 12.8. The van der Waals surface area contributed by atoms with Gasteiger partial charge in [-0.2, -0.15) is 0 Å². The van der Waals surface area contributed by atoms with Crippen LogP contribution in [0.1, 0.15) is 26.7 Å². The highest BCUT2D eigenvalue weighted by Gasteiger charge is 2.44. The lowest BCUT2D eigenvalue weighted by Crippen LogP contribution is -2.53. The van der Waals surface area contributed by atoms with Crippen LogP contribution in [0.15, 0.2) is 29.2 Å². The summed E-state index contributed by atoms with van der Waals surface area (Å²) in [5.74, 6) is -1.13. The van der Waals surface area contributed by atoms with E-state index in [2.05, 4.69) is 5.32 Å². The van der Waals surface area contributed by atoms with Crippen LogP contribution < -0.4 is 5.32 Å². The summed E-state index contributed by atoms with van der Waals surface area (Å²) in [6.45, 7) is 4.09. The summed E-state index contributed by atoms with van der Waals surface area (Å²) in [5, 5.41) is 12.0. The van der Waals surface area contributed by atoms with Crippen molar-refractivity contribution in [1.82, 2.24) is 4.90 Å². The maximum Gasteiger partial charge on any atom is 0.313 e. The molecule has 8 heteroatoms. The van der Waals surface area contributed by atoms with Gasteiger partial charge in [0.25, 0.3) is 0 Å². The van der Waals surface area contributed by atoms with Gasteiger partial charge in [0.05, 0.1) is 11.9 Å². The molecule has 0 bridgehead atoms. The van der Waals surface area contributed by atoms with Crippen molar-refractivity contribution >= 4 is 35.2 Å². The SMILES string of the molecule is COCC1(C(=O)O)CCCN(C(=O)C(C)Sc2ccc(NC(C)=O)cc2)C1. The first-order valence-electron chi connectivity index (χ1n) is 8.83. The quantitative estimate of drug-likeness (QED) is 0.690. The van der Waals surface area contributed by atoms with E-state index in [9.17, 15) is 19.5 Å². The van der Waals surface area contributed by atoms with E-state index < -0.39 is 11.4 Å². The summed E-state index contributed by atoms with van der Waals surface area (Å²) in [5.41, 5.74) is -0.333. The average Bonchev–Trinajstić information content (AvgIpc) is 2.62. The zero-order valence-electron chi connectivity index (χ0n) is 15.9. The molecule has 0 saturated carbocycles. The minimum absolute atomic E-state index is 0.0765. The predicted octanol–water partition coefficient (Wildman–Crippen LogP) is 2.47. The minimum atomic E-state index is -1.03. The van der Waals surface area contributed by atoms with Crippen LogP contribution in [-0.2, 0) is 19.1 Å². The summed E-state index contributed by atoms with van der Waals surface area (Å²) in [6, 6.07) is 7.27. The van der Waals surface area contributed by atoms with E-state index in [-0.39, 0.29) is 30.2 Å². The van der Waals surface area contributed by atoms with Crippen LogP contribution in [0.4, 0.5) is 5.69 Å². The Hall–Kier alpha value is -2.06. The normalized spacial score (nSPS) is 20.8. The lowest BCUT2D eigenvalue weighted by Gasteiger charge is -2.40. The molecule has 2 amide bonds. The number of nitrogens with zero attached hydrogens (tertiary/aromatic N) is 1. The molecule has 1 aliphatic rings. The zero-order valence-corrected chi connectivity index (χ0v) is 16.7. The molecule has 1 fully saturated rings. The Bertz CT molecular complexity index is 690. The number of amides is 2. The molecule has 1 saturated heterocycles. The number of hydrogen-bond acceptors (Lipinski definition) is 5. The summed E-state index contributed by atoms with van der Waals surface area (Å²) >= 11 is 1.41. The number of anilines is 1. The Balaban J connectivity index is 2.01. The van der Waals surface area contributed by atoms with E-state index in [1.54, 1.807) is 17.0 Å². The topological polar surface area (TPSA) is 95.9 Å². The number of nitrogens with one attached hydrogen (secondary N) is 1. The lowest BCUT2D eigenvalue weighted by atomic mass is 9.80. The number of carbonyl (C=O) groups excluding carboxylic acids is 2. The van der Waals surface area contributed by atoms with Crippen molar-refractivity contribution in [2.45, 2.75) is 36.8 Å². The van der Waals surface area contributed by atoms with Gasteiger partial charge >= 0.3 is 5.97 Å². The number of carboxylic acids is 1. The van der Waals surface area contributed by atoms with Crippen molar-refractivity contribution < 1.29 is 24.2 Å². The van der Waals surface area contributed by atoms with Gasteiger partial charge in [0, 0.05) is 37.7 Å². The molecule has 2 atom stereocenters. The molecule has 2 unspecified atom stereocenters. The van der Waals surface area contributed by atoms with Gasteiger partial charge in [0.15, 0.2) is 0 Å². The second kappa shape index (κ2) is 9.23. The second-order valence-corrected chi connectivity index (χ2v) is 8.26. The Kier molecular flexibility index (Phi) is 7.26. The number of rotatable bonds is 7. The van der Waals surface area contributed by atoms with E-state index >= 15 is 0 Å². The fraction of sp³-hybridized carbons (Fsp3) is 0.526. The Morgan fingerprint density at radius 3 is 2.56 bits per heavy atom. The molecule has 0 aromatic heterocycles. The number of aliphatic carboxylic acids is 1. The van der Waals surface area contributed by atoms with Gasteiger partial charge in [0.2, 0.25) is 11.8 Å². The van der Waals surface area contributed by atoms with Crippen LogP contribution >= 0.6 is 11.8 Å². The maximum absolute atomic E-state index is 12.8. The first kappa shape index (κ1) is 21.2. The highest BCUT2D eigenvalue weighted by Crippen LogP contribution is 2.33. The summed E-state index contributed by atoms with van der Waals surface area (Å²) < 4.78 is 5.11. The third kappa shape index (κ3) is 5.46. The van der Waals surface area contributed by atoms with Crippen LogP contribution in [0, 0.1) is 5.41 Å². The zero-order chi connectivity index (χ0) is 20.0. The molecule has 0 spiro atoms. The number of benzene rings is 1. The van der Waals surface area contributed by atoms with Crippen molar-refractivity contribution in [3.63, 3.8) is 0 Å². The van der Waals surface area contributed by atoms with E-state index in [0.717, 1.165) is 4.90 Å². The average molecular weight is 394 g/mol. The van der Waals surface area contributed by atoms with Gasteiger partial charge in [0.1, 0.15) is 5.41 Å². The first-order valence-corrected chi connectivity index (χ1v) is 9.71. The molecule has 1 heterocycles. The van der Waals surface area contributed by atoms with E-state index in [1.807, 2.05) is 19.1 Å². The van der Waals surface area contributed by atoms with Crippen LogP contribution in [0.3, 0.4) is 0 Å². The molecule has 7 nitrogen and oxygen atoms in total. The molecule has 1 aromatic carbocycles. The molecular weight excluding hydrogens is 368 g/mol. The molecule has 2 rings (SSSR count). The molecule has 2 N–H and O–H groups in total. The highest BCUT2D eigenvalue weighted by molar-refractivity contribution is 8.00. The van der Waals surface area contributed by atoms with E-state index in [1.165, 1.54) is 25.8 Å². The second-order valence-electron chi connectivity index (χ2n) is 6.85. The van der Waals surface area contributed by atoms with Crippen LogP contribution in [0.25, 0.3) is 0 Å². The third-order valence-corrected chi connectivity index (χ3v) is 5.70. The fourth-order valence-electron chi connectivity index (χ4n) is 3.28. The molecule has 0 aliphatic carbocycles. The summed E-state index contributed by atoms with van der Waals surface area (Å²) in [4.78, 5) is 38.2. The van der Waals surface area contributed by atoms with Gasteiger partial charge in [-0.05, 0) is 44.0 Å². The Labute approximate surface area is 163 Å². The third-order valence-electron chi connectivity index (χ3n) is 4.60. The molecular formula is C19H26N2O5S. The number of hydrogen-bond donors (Lipinski definition) is 2. The van der Waals surface area contributed by atoms with Crippen molar-refractivity contribution in [3.05, 3.63) is 24.3 Å². The standard InChI is InChI=1S/C19H26N2O5S/c1-13(27-16-7-5-15(6-8-16)20-14(2)22)17(23)21-10-4-9-19(11-21,12-26-3)18(24)25/h5-8,13H,4,9-12H2,1-3H3,(H,20,22)(H,24,25). The molecule has 27 heavy (non-hydrogen) atoms. The Morgan fingerprint density at radius 1 is 1.33 bits per heavy atom. The summed E-state index contributed by atoms with van der Waals surface area (Å²) in [6.07, 6.45) is 1.15. The molecule has 1 aromatic rings. The van der Waals surface area contributed by atoms with E-state index in [4.69, 9.17) is 4.74 Å². The number of carboxylic acid groups (broad SMARTS) is 1. The van der Waals surface area contributed by atoms with Crippen molar-refractivity contribution in [2.75, 3.05) is 32.1 Å². The number of methoxy groups -OCH3 is 1. The molecule has 1 aliphatic heterocycles. The Morgan fingerprint density at radius 2 is 2.00 bits per heavy atom. The number of thioether (sulfide) groups is 1. The van der Waals surface area contributed by atoms with Crippen LogP contribution in [-0.4, -0.2) is 59.8 Å². The largest absolute Gasteiger partial charge is 0.481 e. The highest BCUT2D eigenvalue weighted by atomic mass is 32.2. The van der Waals surface area contributed by atoms with Crippen molar-refractivity contribution in [3.8, 4) is 0 Å². The predicted molar refractivity (Wildman–Crippen MR) is 104 cm³/mol. The smallest absolute Gasteiger partial charge is 0.313 e. The van der Waals surface area contributed by atoms with Gasteiger partial charge < -0.3 is 20.1 Å². The van der Waals surface area contributed by atoms with Crippen molar-refractivity contribution in [1.29, 1.82) is 0 Å². The number of ether oxygens (including phenoxy) is 1. The number of likely N-dealkylation sites (tertiary alicyclic amines) is 1. The fourth-order valence-corrected chi connectivity index (χ4v) is 4.23. The number of carbonyl (C=O) groups is 3. The maximum atomic E-state index is 12.8. The van der Waals surface area contributed by atoms with Gasteiger partial charge in [-0.3, -0.25) is 14.4 Å². The van der Waals surface area contributed by atoms with E-state index in [0.29, 0.717) is 25.1 Å². The van der Waals surface area contributed by atoms with Crippen LogP contribution in [0.5, 0.6) is 0 Å². The van der Waals surface area contributed by atoms with Crippen LogP contribution in [0.2, 0.25) is 0 Å². The molecule has 148 valence electrons.